The van der Waals surface area contributed by atoms with Gasteiger partial charge in [0.1, 0.15) is 29.1 Å². The molecule has 6 nitrogen and oxygen atoms in total. The Hall–Kier alpha value is -3.10. The van der Waals surface area contributed by atoms with Crippen molar-refractivity contribution >= 4 is 23.5 Å². The molecule has 0 aliphatic rings. The van der Waals surface area contributed by atoms with Gasteiger partial charge in [0.05, 0.1) is 5.25 Å². The van der Waals surface area contributed by atoms with Gasteiger partial charge in [0.25, 0.3) is 5.82 Å². The van der Waals surface area contributed by atoms with Gasteiger partial charge in [-0.25, -0.2) is 9.37 Å². The molecule has 0 fully saturated rings. The van der Waals surface area contributed by atoms with E-state index in [1.165, 1.54) is 18.2 Å². The molecule has 0 radical (unpaired) electrons. The molecule has 0 saturated carbocycles. The maximum atomic E-state index is 12.9. The number of anilines is 1. The number of nitrogens with zero attached hydrogens (tertiary/aromatic N) is 2. The van der Waals surface area contributed by atoms with Crippen molar-refractivity contribution in [1.82, 2.24) is 5.32 Å². The van der Waals surface area contributed by atoms with Crippen molar-refractivity contribution < 1.29 is 14.2 Å². The second-order valence-corrected chi connectivity index (χ2v) is 6.52. The summed E-state index contributed by atoms with van der Waals surface area (Å²) in [5.41, 5.74) is 6.92. The minimum Gasteiger partial charge on any atom is -0.351 e. The van der Waals surface area contributed by atoms with Gasteiger partial charge < -0.3 is 5.32 Å². The highest BCUT2D eigenvalue weighted by molar-refractivity contribution is 8.00. The van der Waals surface area contributed by atoms with Gasteiger partial charge in [-0.05, 0) is 30.7 Å². The van der Waals surface area contributed by atoms with Gasteiger partial charge in [-0.15, -0.1) is 0 Å². The summed E-state index contributed by atoms with van der Waals surface area (Å²) in [4.78, 5) is 15.0. The molecule has 2 rings (SSSR count). The summed E-state index contributed by atoms with van der Waals surface area (Å²) in [6.45, 7) is 1.96. The lowest BCUT2D eigenvalue weighted by Gasteiger charge is -2.11. The Kier molecular flexibility index (Phi) is 5.93. The van der Waals surface area contributed by atoms with Crippen LogP contribution in [-0.4, -0.2) is 11.2 Å². The number of hydrogen-bond acceptors (Lipinski definition) is 5. The number of aromatic amines is 1. The van der Waals surface area contributed by atoms with Crippen molar-refractivity contribution in [1.29, 1.82) is 10.5 Å². The zero-order valence-corrected chi connectivity index (χ0v) is 14.2. The number of carbonyl (C=O) groups excluding carboxylic acids is 1. The second kappa shape index (κ2) is 8.13. The highest BCUT2D eigenvalue weighted by Crippen LogP contribution is 2.24. The summed E-state index contributed by atoms with van der Waals surface area (Å²) in [6, 6.07) is 11.1. The molecule has 0 aliphatic heterocycles. The molecule has 0 bridgehead atoms. The van der Waals surface area contributed by atoms with Gasteiger partial charge in [-0.3, -0.25) is 10.5 Å². The lowest BCUT2D eigenvalue weighted by molar-refractivity contribution is -0.410. The number of aromatic nitrogens is 1. The number of thioether (sulfide) groups is 1. The van der Waals surface area contributed by atoms with Crippen LogP contribution in [-0.2, 0) is 11.3 Å². The van der Waals surface area contributed by atoms with Crippen LogP contribution in [0.2, 0.25) is 0 Å². The van der Waals surface area contributed by atoms with Crippen molar-refractivity contribution in [3.63, 3.8) is 0 Å². The molecule has 126 valence electrons. The Morgan fingerprint density at radius 1 is 1.32 bits per heavy atom. The van der Waals surface area contributed by atoms with E-state index in [1.54, 1.807) is 19.1 Å². The van der Waals surface area contributed by atoms with E-state index in [9.17, 15) is 14.4 Å². The Bertz CT molecular complexity index is 870. The van der Waals surface area contributed by atoms with Crippen molar-refractivity contribution in [2.24, 2.45) is 0 Å². The number of nitrogens with one attached hydrogen (secondary N) is 2. The van der Waals surface area contributed by atoms with E-state index in [0.29, 0.717) is 5.03 Å². The molecule has 0 unspecified atom stereocenters. The molecule has 1 aromatic heterocycles. The van der Waals surface area contributed by atoms with E-state index >= 15 is 0 Å². The summed E-state index contributed by atoms with van der Waals surface area (Å²) < 4.78 is 12.9. The van der Waals surface area contributed by atoms with E-state index in [-0.39, 0.29) is 35.2 Å². The van der Waals surface area contributed by atoms with E-state index in [0.717, 1.165) is 17.3 Å². The lowest BCUT2D eigenvalue weighted by Crippen LogP contribution is -2.31. The zero-order chi connectivity index (χ0) is 18.4. The molecular formula is C17H15FN5OS+. The Labute approximate surface area is 148 Å². The first-order valence-corrected chi connectivity index (χ1v) is 8.17. The van der Waals surface area contributed by atoms with E-state index in [1.807, 2.05) is 12.1 Å². The van der Waals surface area contributed by atoms with Gasteiger partial charge in [0.2, 0.25) is 5.91 Å². The largest absolute Gasteiger partial charge is 0.351 e. The average Bonchev–Trinajstić information content (AvgIpc) is 2.61. The monoisotopic (exact) mass is 356 g/mol. The number of amides is 1. The van der Waals surface area contributed by atoms with Crippen LogP contribution < -0.4 is 16.0 Å². The van der Waals surface area contributed by atoms with Crippen molar-refractivity contribution in [3.8, 4) is 12.1 Å². The van der Waals surface area contributed by atoms with E-state index in [2.05, 4.69) is 10.3 Å². The Morgan fingerprint density at radius 2 is 1.96 bits per heavy atom. The first-order valence-electron chi connectivity index (χ1n) is 7.29. The number of carbonyl (C=O) groups is 1. The van der Waals surface area contributed by atoms with Crippen LogP contribution in [0.25, 0.3) is 0 Å². The fraction of sp³-hybridized carbons (Fsp3) is 0.176. The molecule has 2 aromatic rings. The van der Waals surface area contributed by atoms with Gasteiger partial charge in [-0.2, -0.15) is 10.5 Å². The molecule has 1 atom stereocenters. The third-order valence-electron chi connectivity index (χ3n) is 3.36. The van der Waals surface area contributed by atoms with Crippen LogP contribution in [0.5, 0.6) is 0 Å². The third kappa shape index (κ3) is 4.69. The lowest BCUT2D eigenvalue weighted by atomic mass is 10.2. The van der Waals surface area contributed by atoms with Crippen LogP contribution in [0.1, 0.15) is 23.6 Å². The number of H-pyrrole nitrogens is 1. The number of rotatable bonds is 5. The number of nitrogen functional groups attached to an aromatic ring is 1. The van der Waals surface area contributed by atoms with Gasteiger partial charge >= 0.3 is 0 Å². The number of nitrogens with two attached hydrogens (primary N) is 1. The van der Waals surface area contributed by atoms with E-state index < -0.39 is 5.25 Å². The smallest absolute Gasteiger partial charge is 0.289 e. The number of nitriles is 2. The van der Waals surface area contributed by atoms with Gasteiger partial charge in [0.15, 0.2) is 5.03 Å². The van der Waals surface area contributed by atoms with Crippen LogP contribution in [0.4, 0.5) is 10.2 Å². The van der Waals surface area contributed by atoms with Crippen LogP contribution in [0, 0.1) is 28.5 Å². The molecular weight excluding hydrogens is 341 g/mol. The van der Waals surface area contributed by atoms with Crippen LogP contribution in [0.15, 0.2) is 35.4 Å². The summed E-state index contributed by atoms with van der Waals surface area (Å²) in [6.07, 6.45) is 0. The molecule has 1 aromatic carbocycles. The van der Waals surface area contributed by atoms with Gasteiger partial charge in [0, 0.05) is 6.54 Å². The quantitative estimate of drug-likeness (QED) is 0.792. The highest BCUT2D eigenvalue weighted by atomic mass is 32.2. The van der Waals surface area contributed by atoms with Crippen molar-refractivity contribution in [3.05, 3.63) is 52.8 Å². The summed E-state index contributed by atoms with van der Waals surface area (Å²) in [7, 11) is 0. The predicted molar refractivity (Wildman–Crippen MR) is 90.4 cm³/mol. The molecule has 1 heterocycles. The number of pyridine rings is 1. The first-order chi connectivity index (χ1) is 11.9. The van der Waals surface area contributed by atoms with E-state index in [4.69, 9.17) is 11.0 Å². The first kappa shape index (κ1) is 18.2. The number of hydrogen-bond donors (Lipinski definition) is 2. The number of halogens is 1. The third-order valence-corrected chi connectivity index (χ3v) is 4.48. The maximum absolute atomic E-state index is 12.9. The Morgan fingerprint density at radius 3 is 2.56 bits per heavy atom. The van der Waals surface area contributed by atoms with Crippen LogP contribution in [0.3, 0.4) is 0 Å². The fourth-order valence-electron chi connectivity index (χ4n) is 1.98. The minimum atomic E-state index is -0.504. The average molecular weight is 356 g/mol. The second-order valence-electron chi connectivity index (χ2n) is 5.17. The molecule has 0 saturated heterocycles. The summed E-state index contributed by atoms with van der Waals surface area (Å²) in [5, 5.41) is 20.8. The van der Waals surface area contributed by atoms with Crippen molar-refractivity contribution in [2.45, 2.75) is 23.7 Å². The molecule has 0 spiro atoms. The Balaban J connectivity index is 2.04. The molecule has 0 aliphatic carbocycles. The highest BCUT2D eigenvalue weighted by Gasteiger charge is 2.21. The predicted octanol–water partition coefficient (Wildman–Crippen LogP) is 1.76. The summed E-state index contributed by atoms with van der Waals surface area (Å²) in [5.74, 6) is -0.436. The molecule has 4 N–H and O–H groups in total. The normalized spacial score (nSPS) is 11.2. The van der Waals surface area contributed by atoms with Crippen LogP contribution >= 0.6 is 11.8 Å². The molecule has 8 heteroatoms. The molecule has 25 heavy (non-hydrogen) atoms. The standard InChI is InChI=1S/C17H14FN5OS/c1-10(16(24)22-9-11-2-4-14(18)5-3-11)25-17-13(8-20)6-12(7-19)15(21)23-17/h2-6,10H,9H2,1H3,(H2,21,23)(H,22,24)/p+1/t10-/m0/s1. The minimum absolute atomic E-state index is 0.142. The zero-order valence-electron chi connectivity index (χ0n) is 13.3. The maximum Gasteiger partial charge on any atom is 0.289 e. The fourth-order valence-corrected chi connectivity index (χ4v) is 2.92. The summed E-state index contributed by atoms with van der Waals surface area (Å²) >= 11 is 1.13. The SMILES string of the molecule is C[C@H](Sc1[nH+]c(N)c(C#N)cc1C#N)C(=O)NCc1ccc(F)cc1. The molecule has 1 amide bonds. The number of benzene rings is 1. The topological polar surface area (TPSA) is 117 Å². The van der Waals surface area contributed by atoms with Gasteiger partial charge in [-0.1, -0.05) is 23.9 Å². The van der Waals surface area contributed by atoms with Crippen molar-refractivity contribution in [2.75, 3.05) is 5.73 Å².